The maximum Gasteiger partial charge on any atom is 0.336 e. The number of rotatable bonds is 1. The first kappa shape index (κ1) is 12.0. The van der Waals surface area contributed by atoms with Crippen LogP contribution in [0.3, 0.4) is 0 Å². The van der Waals surface area contributed by atoms with Gasteiger partial charge in [-0.15, -0.1) is 0 Å². The van der Waals surface area contributed by atoms with Crippen LogP contribution in [-0.4, -0.2) is 12.5 Å². The molecule has 0 unspecified atom stereocenters. The van der Waals surface area contributed by atoms with Crippen molar-refractivity contribution in [3.8, 4) is 0 Å². The molecule has 0 aliphatic carbocycles. The summed E-state index contributed by atoms with van der Waals surface area (Å²) in [6.07, 6.45) is 2.56. The first-order valence-electron chi connectivity index (χ1n) is 6.50. The molecule has 1 aromatic carbocycles. The number of benzene rings is 1. The predicted octanol–water partition coefficient (Wildman–Crippen LogP) is 2.62. The fraction of sp³-hybridized carbons (Fsp3) is 0.333. The molecule has 0 bridgehead atoms. The highest BCUT2D eigenvalue weighted by Gasteiger charge is 2.20. The van der Waals surface area contributed by atoms with Crippen molar-refractivity contribution in [3.63, 3.8) is 0 Å². The van der Waals surface area contributed by atoms with Crippen LogP contribution in [0.5, 0.6) is 0 Å². The topological polar surface area (TPSA) is 50.5 Å². The molecule has 0 radical (unpaired) electrons. The number of hydrogen-bond donors (Lipinski definition) is 0. The van der Waals surface area contributed by atoms with E-state index in [0.29, 0.717) is 12.0 Å². The summed E-state index contributed by atoms with van der Waals surface area (Å²) < 4.78 is 5.22. The average Bonchev–Trinajstić information content (AvgIpc) is 2.38. The highest BCUT2D eigenvalue weighted by Crippen LogP contribution is 2.26. The van der Waals surface area contributed by atoms with Crippen LogP contribution in [-0.2, 0) is 4.79 Å². The molecule has 2 aromatic rings. The molecular formula is C15H15NO3. The van der Waals surface area contributed by atoms with Crippen LogP contribution >= 0.6 is 0 Å². The Morgan fingerprint density at radius 3 is 2.79 bits per heavy atom. The zero-order chi connectivity index (χ0) is 13.4. The molecule has 1 saturated heterocycles. The van der Waals surface area contributed by atoms with Gasteiger partial charge in [-0.25, -0.2) is 4.79 Å². The molecule has 3 rings (SSSR count). The summed E-state index contributed by atoms with van der Waals surface area (Å²) in [6, 6.07) is 7.09. The third-order valence-electron chi connectivity index (χ3n) is 3.57. The molecule has 98 valence electrons. The van der Waals surface area contributed by atoms with Gasteiger partial charge in [0.15, 0.2) is 0 Å². The molecule has 19 heavy (non-hydrogen) atoms. The normalized spacial score (nSPS) is 16.1. The lowest BCUT2D eigenvalue weighted by Gasteiger charge is -2.26. The Labute approximate surface area is 110 Å². The summed E-state index contributed by atoms with van der Waals surface area (Å²) in [5.74, 6) is 0.139. The maximum absolute atomic E-state index is 11.9. The number of anilines is 1. The van der Waals surface area contributed by atoms with E-state index in [1.165, 1.54) is 6.07 Å². The van der Waals surface area contributed by atoms with Crippen molar-refractivity contribution in [2.75, 3.05) is 11.4 Å². The lowest BCUT2D eigenvalue weighted by atomic mass is 10.1. The predicted molar refractivity (Wildman–Crippen MR) is 73.4 cm³/mol. The monoisotopic (exact) mass is 257 g/mol. The van der Waals surface area contributed by atoms with E-state index in [2.05, 4.69) is 0 Å². The zero-order valence-electron chi connectivity index (χ0n) is 10.8. The first-order valence-corrected chi connectivity index (χ1v) is 6.50. The molecular weight excluding hydrogens is 242 g/mol. The van der Waals surface area contributed by atoms with E-state index in [4.69, 9.17) is 4.42 Å². The van der Waals surface area contributed by atoms with Gasteiger partial charge >= 0.3 is 5.63 Å². The van der Waals surface area contributed by atoms with Gasteiger partial charge in [-0.3, -0.25) is 4.79 Å². The Balaban J connectivity index is 2.11. The van der Waals surface area contributed by atoms with Gasteiger partial charge in [0.05, 0.1) is 0 Å². The number of hydrogen-bond acceptors (Lipinski definition) is 3. The zero-order valence-corrected chi connectivity index (χ0v) is 10.8. The number of fused-ring (bicyclic) bond motifs is 1. The highest BCUT2D eigenvalue weighted by atomic mass is 16.4. The third kappa shape index (κ3) is 2.14. The number of carbonyl (C=O) groups is 1. The Kier molecular flexibility index (Phi) is 2.85. The minimum Gasteiger partial charge on any atom is -0.423 e. The number of aryl methyl sites for hydroxylation is 1. The fourth-order valence-electron chi connectivity index (χ4n) is 2.56. The Bertz CT molecular complexity index is 702. The summed E-state index contributed by atoms with van der Waals surface area (Å²) in [5, 5.41) is 0.910. The van der Waals surface area contributed by atoms with Crippen LogP contribution < -0.4 is 10.5 Å². The third-order valence-corrected chi connectivity index (χ3v) is 3.57. The summed E-state index contributed by atoms with van der Waals surface area (Å²) >= 11 is 0. The van der Waals surface area contributed by atoms with Crippen LogP contribution in [0.2, 0.25) is 0 Å². The minimum atomic E-state index is -0.355. The summed E-state index contributed by atoms with van der Waals surface area (Å²) in [7, 11) is 0. The van der Waals surface area contributed by atoms with E-state index in [0.717, 1.165) is 36.0 Å². The smallest absolute Gasteiger partial charge is 0.336 e. The molecule has 0 spiro atoms. The fourth-order valence-corrected chi connectivity index (χ4v) is 2.56. The molecule has 0 N–H and O–H groups in total. The van der Waals surface area contributed by atoms with Crippen LogP contribution in [0.1, 0.15) is 24.8 Å². The molecule has 1 amide bonds. The van der Waals surface area contributed by atoms with E-state index in [-0.39, 0.29) is 11.5 Å². The van der Waals surface area contributed by atoms with Gasteiger partial charge < -0.3 is 9.32 Å². The summed E-state index contributed by atoms with van der Waals surface area (Å²) in [6.45, 7) is 2.62. The molecule has 4 heteroatoms. The van der Waals surface area contributed by atoms with Crippen molar-refractivity contribution < 1.29 is 9.21 Å². The van der Waals surface area contributed by atoms with Crippen molar-refractivity contribution in [1.82, 2.24) is 0 Å². The van der Waals surface area contributed by atoms with Crippen LogP contribution in [0.25, 0.3) is 11.0 Å². The summed E-state index contributed by atoms with van der Waals surface area (Å²) in [5.41, 5.74) is 1.89. The van der Waals surface area contributed by atoms with E-state index < -0.39 is 0 Å². The largest absolute Gasteiger partial charge is 0.423 e. The Morgan fingerprint density at radius 2 is 2.00 bits per heavy atom. The molecule has 4 nitrogen and oxygen atoms in total. The Hall–Kier alpha value is -2.10. The average molecular weight is 257 g/mol. The SMILES string of the molecule is Cc1cc(=O)oc2cc(N3CCCCC3=O)ccc12. The van der Waals surface area contributed by atoms with Crippen molar-refractivity contribution >= 4 is 22.6 Å². The molecule has 2 heterocycles. The lowest BCUT2D eigenvalue weighted by Crippen LogP contribution is -2.35. The first-order chi connectivity index (χ1) is 9.15. The van der Waals surface area contributed by atoms with Crippen LogP contribution in [0.4, 0.5) is 5.69 Å². The van der Waals surface area contributed by atoms with Crippen molar-refractivity contribution in [2.24, 2.45) is 0 Å². The lowest BCUT2D eigenvalue weighted by molar-refractivity contribution is -0.119. The van der Waals surface area contributed by atoms with E-state index in [1.54, 1.807) is 11.0 Å². The molecule has 0 atom stereocenters. The minimum absolute atomic E-state index is 0.139. The van der Waals surface area contributed by atoms with Crippen LogP contribution in [0.15, 0.2) is 33.5 Å². The second-order valence-electron chi connectivity index (χ2n) is 4.93. The highest BCUT2D eigenvalue weighted by molar-refractivity contribution is 5.96. The molecule has 1 aliphatic heterocycles. The maximum atomic E-state index is 11.9. The van der Waals surface area contributed by atoms with Gasteiger partial charge in [-0.05, 0) is 37.5 Å². The second kappa shape index (κ2) is 4.53. The van der Waals surface area contributed by atoms with Crippen molar-refractivity contribution in [2.45, 2.75) is 26.2 Å². The number of piperidine rings is 1. The standard InChI is InChI=1S/C15H15NO3/c1-10-8-15(18)19-13-9-11(5-6-12(10)13)16-7-3-2-4-14(16)17/h5-6,8-9H,2-4,7H2,1H3. The van der Waals surface area contributed by atoms with Crippen molar-refractivity contribution in [3.05, 3.63) is 40.2 Å². The van der Waals surface area contributed by atoms with Gasteiger partial charge in [0, 0.05) is 36.2 Å². The van der Waals surface area contributed by atoms with E-state index in [9.17, 15) is 9.59 Å². The van der Waals surface area contributed by atoms with Gasteiger partial charge in [-0.1, -0.05) is 0 Å². The molecule has 1 fully saturated rings. The van der Waals surface area contributed by atoms with Gasteiger partial charge in [-0.2, -0.15) is 0 Å². The van der Waals surface area contributed by atoms with Gasteiger partial charge in [0.1, 0.15) is 5.58 Å². The Morgan fingerprint density at radius 1 is 1.16 bits per heavy atom. The molecule has 1 aliphatic rings. The number of carbonyl (C=O) groups excluding carboxylic acids is 1. The molecule has 0 saturated carbocycles. The quantitative estimate of drug-likeness (QED) is 0.738. The van der Waals surface area contributed by atoms with E-state index >= 15 is 0 Å². The molecule has 1 aromatic heterocycles. The van der Waals surface area contributed by atoms with Crippen LogP contribution in [0, 0.1) is 6.92 Å². The number of nitrogens with zero attached hydrogens (tertiary/aromatic N) is 1. The van der Waals surface area contributed by atoms with Crippen molar-refractivity contribution in [1.29, 1.82) is 0 Å². The van der Waals surface area contributed by atoms with Gasteiger partial charge in [0.25, 0.3) is 0 Å². The number of amides is 1. The summed E-state index contributed by atoms with van der Waals surface area (Å²) in [4.78, 5) is 25.1. The van der Waals surface area contributed by atoms with Gasteiger partial charge in [0.2, 0.25) is 5.91 Å². The second-order valence-corrected chi connectivity index (χ2v) is 4.93. The van der Waals surface area contributed by atoms with E-state index in [1.807, 2.05) is 19.1 Å².